The summed E-state index contributed by atoms with van der Waals surface area (Å²) in [6.45, 7) is 0. The van der Waals surface area contributed by atoms with Gasteiger partial charge in [0.05, 0.1) is 0 Å². The number of nitrogen functional groups attached to an aromatic ring is 1. The summed E-state index contributed by atoms with van der Waals surface area (Å²) in [7, 11) is 0. The van der Waals surface area contributed by atoms with Gasteiger partial charge in [0.1, 0.15) is 11.6 Å². The first kappa shape index (κ1) is 11.9. The van der Waals surface area contributed by atoms with Crippen molar-refractivity contribution in [2.75, 3.05) is 5.73 Å². The first-order valence-corrected chi connectivity index (χ1v) is 6.06. The molecule has 2 N–H and O–H groups in total. The molecule has 2 aromatic rings. The molecule has 1 nitrogen and oxygen atoms in total. The molecule has 2 rings (SSSR count). The molecule has 0 heterocycles. The van der Waals surface area contributed by atoms with Crippen LogP contribution in [0, 0.1) is 11.6 Å². The fourth-order valence-corrected chi connectivity index (χ4v) is 2.28. The number of halogens is 2. The van der Waals surface area contributed by atoms with Crippen LogP contribution in [0.4, 0.5) is 14.5 Å². The number of nitrogens with two attached hydrogens (primary N) is 1. The molecule has 0 fully saturated rings. The van der Waals surface area contributed by atoms with Crippen molar-refractivity contribution in [2.45, 2.75) is 10.6 Å². The summed E-state index contributed by atoms with van der Waals surface area (Å²) >= 11 is 1.26. The number of benzene rings is 2. The highest BCUT2D eigenvalue weighted by Gasteiger charge is 2.04. The molecular formula is C13H11F2NS. The van der Waals surface area contributed by atoms with Gasteiger partial charge in [-0.2, -0.15) is 0 Å². The first-order valence-electron chi connectivity index (χ1n) is 5.07. The fourth-order valence-electron chi connectivity index (χ4n) is 1.36. The van der Waals surface area contributed by atoms with Crippen LogP contribution in [0.2, 0.25) is 0 Å². The van der Waals surface area contributed by atoms with Crippen molar-refractivity contribution in [3.8, 4) is 0 Å². The molecular weight excluding hydrogens is 240 g/mol. The van der Waals surface area contributed by atoms with Gasteiger partial charge in [0.25, 0.3) is 0 Å². The highest BCUT2D eigenvalue weighted by atomic mass is 32.2. The minimum absolute atomic E-state index is 0.321. The Labute approximate surface area is 103 Å². The summed E-state index contributed by atoms with van der Waals surface area (Å²) in [5.41, 5.74) is 7.27. The highest BCUT2D eigenvalue weighted by Crippen LogP contribution is 2.26. The van der Waals surface area contributed by atoms with Crippen LogP contribution in [-0.4, -0.2) is 0 Å². The summed E-state index contributed by atoms with van der Waals surface area (Å²) in [5.74, 6) is -0.237. The van der Waals surface area contributed by atoms with Crippen molar-refractivity contribution in [2.24, 2.45) is 0 Å². The Bertz CT molecular complexity index is 511. The van der Waals surface area contributed by atoms with E-state index in [0.717, 1.165) is 17.7 Å². The van der Waals surface area contributed by atoms with Gasteiger partial charge in [0, 0.05) is 16.3 Å². The standard InChI is InChI=1S/C13H11F2NS/c14-10-3-6-12(15)13(7-10)17-8-9-1-4-11(16)5-2-9/h1-7H,8,16H2. The summed E-state index contributed by atoms with van der Waals surface area (Å²) in [6, 6.07) is 10.8. The van der Waals surface area contributed by atoms with Gasteiger partial charge in [-0.1, -0.05) is 12.1 Å². The lowest BCUT2D eigenvalue weighted by Gasteiger charge is -2.04. The minimum Gasteiger partial charge on any atom is -0.399 e. The molecule has 17 heavy (non-hydrogen) atoms. The predicted octanol–water partition coefficient (Wildman–Crippen LogP) is 3.84. The molecule has 0 atom stereocenters. The van der Waals surface area contributed by atoms with E-state index in [1.165, 1.54) is 17.8 Å². The Morgan fingerprint density at radius 2 is 1.71 bits per heavy atom. The molecule has 0 spiro atoms. The summed E-state index contributed by atoms with van der Waals surface area (Å²) in [6.07, 6.45) is 0. The first-order chi connectivity index (χ1) is 8.15. The maximum absolute atomic E-state index is 13.3. The summed E-state index contributed by atoms with van der Waals surface area (Å²) in [5, 5.41) is 0. The number of anilines is 1. The van der Waals surface area contributed by atoms with Crippen LogP contribution >= 0.6 is 11.8 Å². The topological polar surface area (TPSA) is 26.0 Å². The Morgan fingerprint density at radius 1 is 1.00 bits per heavy atom. The van der Waals surface area contributed by atoms with E-state index >= 15 is 0 Å². The lowest BCUT2D eigenvalue weighted by atomic mass is 10.2. The van der Waals surface area contributed by atoms with Gasteiger partial charge in [-0.3, -0.25) is 0 Å². The van der Waals surface area contributed by atoms with Crippen LogP contribution in [0.3, 0.4) is 0 Å². The average molecular weight is 251 g/mol. The van der Waals surface area contributed by atoms with E-state index in [-0.39, 0.29) is 0 Å². The molecule has 0 saturated heterocycles. The van der Waals surface area contributed by atoms with Crippen LogP contribution in [0.5, 0.6) is 0 Å². The molecule has 2 aromatic carbocycles. The van der Waals surface area contributed by atoms with Gasteiger partial charge in [0.15, 0.2) is 0 Å². The molecule has 0 saturated carbocycles. The highest BCUT2D eigenvalue weighted by molar-refractivity contribution is 7.98. The maximum Gasteiger partial charge on any atom is 0.136 e. The molecule has 0 aromatic heterocycles. The number of rotatable bonds is 3. The van der Waals surface area contributed by atoms with E-state index in [9.17, 15) is 8.78 Å². The number of hydrogen-bond donors (Lipinski definition) is 1. The van der Waals surface area contributed by atoms with Gasteiger partial charge in [-0.25, -0.2) is 8.78 Å². The second kappa shape index (κ2) is 5.19. The van der Waals surface area contributed by atoms with E-state index in [1.54, 1.807) is 12.1 Å². The molecule has 4 heteroatoms. The molecule has 0 aliphatic carbocycles. The fraction of sp³-hybridized carbons (Fsp3) is 0.0769. The van der Waals surface area contributed by atoms with E-state index in [2.05, 4.69) is 0 Å². The molecule has 0 amide bonds. The van der Waals surface area contributed by atoms with Gasteiger partial charge >= 0.3 is 0 Å². The van der Waals surface area contributed by atoms with E-state index in [4.69, 9.17) is 5.73 Å². The average Bonchev–Trinajstić information content (AvgIpc) is 2.32. The summed E-state index contributed by atoms with van der Waals surface area (Å²) in [4.78, 5) is 0.321. The molecule has 0 radical (unpaired) electrons. The van der Waals surface area contributed by atoms with Gasteiger partial charge in [0.2, 0.25) is 0 Å². The van der Waals surface area contributed by atoms with Gasteiger partial charge < -0.3 is 5.73 Å². The maximum atomic E-state index is 13.3. The van der Waals surface area contributed by atoms with Crippen molar-refractivity contribution >= 4 is 17.4 Å². The lowest BCUT2D eigenvalue weighted by molar-refractivity contribution is 0.577. The van der Waals surface area contributed by atoms with Gasteiger partial charge in [-0.15, -0.1) is 11.8 Å². The van der Waals surface area contributed by atoms with Gasteiger partial charge in [-0.05, 0) is 35.9 Å². The lowest BCUT2D eigenvalue weighted by Crippen LogP contribution is -1.87. The van der Waals surface area contributed by atoms with E-state index < -0.39 is 11.6 Å². The van der Waals surface area contributed by atoms with Crippen LogP contribution in [0.15, 0.2) is 47.4 Å². The third-order valence-electron chi connectivity index (χ3n) is 2.27. The zero-order valence-corrected chi connectivity index (χ0v) is 9.81. The van der Waals surface area contributed by atoms with Crippen LogP contribution in [0.25, 0.3) is 0 Å². The van der Waals surface area contributed by atoms with E-state index in [1.807, 2.05) is 12.1 Å². The Kier molecular flexibility index (Phi) is 3.64. The van der Waals surface area contributed by atoms with Crippen molar-refractivity contribution in [1.29, 1.82) is 0 Å². The second-order valence-electron chi connectivity index (χ2n) is 3.61. The van der Waals surface area contributed by atoms with Crippen molar-refractivity contribution in [1.82, 2.24) is 0 Å². The minimum atomic E-state index is -0.425. The Balaban J connectivity index is 2.07. The Morgan fingerprint density at radius 3 is 2.41 bits per heavy atom. The number of thioether (sulfide) groups is 1. The van der Waals surface area contributed by atoms with Crippen LogP contribution in [-0.2, 0) is 5.75 Å². The van der Waals surface area contributed by atoms with Crippen molar-refractivity contribution in [3.63, 3.8) is 0 Å². The molecule has 0 aliphatic heterocycles. The smallest absolute Gasteiger partial charge is 0.136 e. The number of hydrogen-bond acceptors (Lipinski definition) is 2. The third kappa shape index (κ3) is 3.20. The van der Waals surface area contributed by atoms with Crippen LogP contribution < -0.4 is 5.73 Å². The Hall–Kier alpha value is -1.55. The zero-order chi connectivity index (χ0) is 12.3. The quantitative estimate of drug-likeness (QED) is 0.662. The molecule has 0 aliphatic rings. The van der Waals surface area contributed by atoms with E-state index in [0.29, 0.717) is 16.3 Å². The van der Waals surface area contributed by atoms with Crippen LogP contribution in [0.1, 0.15) is 5.56 Å². The largest absolute Gasteiger partial charge is 0.399 e. The monoisotopic (exact) mass is 251 g/mol. The van der Waals surface area contributed by atoms with Crippen molar-refractivity contribution < 1.29 is 8.78 Å². The SMILES string of the molecule is Nc1ccc(CSc2cc(F)ccc2F)cc1. The second-order valence-corrected chi connectivity index (χ2v) is 4.62. The molecule has 0 unspecified atom stereocenters. The normalized spacial score (nSPS) is 10.5. The van der Waals surface area contributed by atoms with Crippen molar-refractivity contribution in [3.05, 3.63) is 59.7 Å². The third-order valence-corrected chi connectivity index (χ3v) is 3.37. The summed E-state index contributed by atoms with van der Waals surface area (Å²) < 4.78 is 26.3. The predicted molar refractivity (Wildman–Crippen MR) is 66.8 cm³/mol. The molecule has 88 valence electrons. The zero-order valence-electron chi connectivity index (χ0n) is 8.99. The molecule has 0 bridgehead atoms.